The minimum Gasteiger partial charge on any atom is -0.462 e. The number of carbonyl (C=O) groups excluding carboxylic acids is 1. The second-order valence-electron chi connectivity index (χ2n) is 10.6. The van der Waals surface area contributed by atoms with Gasteiger partial charge in [0.05, 0.1) is 0 Å². The molecule has 0 aliphatic heterocycles. The Balaban J connectivity index is 1.40. The van der Waals surface area contributed by atoms with Gasteiger partial charge in [-0.2, -0.15) is 4.98 Å². The van der Waals surface area contributed by atoms with E-state index in [1.54, 1.807) is 5.57 Å². The fraction of sp³-hybridized carbons (Fsp3) is 0.792. The number of aromatic nitrogens is 2. The van der Waals surface area contributed by atoms with E-state index in [1.807, 2.05) is 6.92 Å². The van der Waals surface area contributed by atoms with Gasteiger partial charge in [0, 0.05) is 19.3 Å². The molecule has 4 aliphatic rings. The Labute approximate surface area is 173 Å². The van der Waals surface area contributed by atoms with Crippen molar-refractivity contribution < 1.29 is 14.1 Å². The van der Waals surface area contributed by atoms with Crippen molar-refractivity contribution in [3.63, 3.8) is 0 Å². The van der Waals surface area contributed by atoms with Crippen molar-refractivity contribution in [2.24, 2.45) is 28.6 Å². The molecule has 7 atom stereocenters. The van der Waals surface area contributed by atoms with Crippen LogP contribution in [0.3, 0.4) is 0 Å². The van der Waals surface area contributed by atoms with Crippen LogP contribution in [0.4, 0.5) is 0 Å². The zero-order valence-corrected chi connectivity index (χ0v) is 18.2. The minimum atomic E-state index is -0.144. The van der Waals surface area contributed by atoms with Crippen LogP contribution < -0.4 is 0 Å². The van der Waals surface area contributed by atoms with Gasteiger partial charge in [0.25, 0.3) is 0 Å². The van der Waals surface area contributed by atoms with Gasteiger partial charge >= 0.3 is 5.97 Å². The van der Waals surface area contributed by atoms with E-state index >= 15 is 0 Å². The molecule has 5 heteroatoms. The lowest BCUT2D eigenvalue weighted by Gasteiger charge is -2.57. The fourth-order valence-corrected chi connectivity index (χ4v) is 7.82. The topological polar surface area (TPSA) is 65.2 Å². The van der Waals surface area contributed by atoms with Crippen LogP contribution in [0.5, 0.6) is 0 Å². The highest BCUT2D eigenvalue weighted by Crippen LogP contribution is 2.67. The van der Waals surface area contributed by atoms with E-state index in [-0.39, 0.29) is 22.9 Å². The van der Waals surface area contributed by atoms with Crippen LogP contribution in [0.15, 0.2) is 16.2 Å². The highest BCUT2D eigenvalue weighted by atomic mass is 16.5. The van der Waals surface area contributed by atoms with Gasteiger partial charge < -0.3 is 9.26 Å². The second-order valence-corrected chi connectivity index (χ2v) is 10.6. The maximum Gasteiger partial charge on any atom is 0.302 e. The number of carbonyl (C=O) groups is 1. The summed E-state index contributed by atoms with van der Waals surface area (Å²) in [5.41, 5.74) is 2.11. The summed E-state index contributed by atoms with van der Waals surface area (Å²) >= 11 is 0. The van der Waals surface area contributed by atoms with E-state index in [0.29, 0.717) is 5.92 Å². The van der Waals surface area contributed by atoms with Gasteiger partial charge in [-0.15, -0.1) is 0 Å². The van der Waals surface area contributed by atoms with Crippen molar-refractivity contribution in [1.82, 2.24) is 10.1 Å². The maximum absolute atomic E-state index is 11.4. The first-order valence-corrected chi connectivity index (χ1v) is 11.5. The smallest absolute Gasteiger partial charge is 0.302 e. The van der Waals surface area contributed by atoms with Crippen molar-refractivity contribution in [2.45, 2.75) is 91.1 Å². The molecule has 158 valence electrons. The van der Waals surface area contributed by atoms with E-state index in [0.717, 1.165) is 48.7 Å². The van der Waals surface area contributed by atoms with E-state index in [9.17, 15) is 4.79 Å². The Morgan fingerprint density at radius 1 is 1.17 bits per heavy atom. The third-order valence-electron chi connectivity index (χ3n) is 9.23. The lowest BCUT2D eigenvalue weighted by atomic mass is 9.47. The number of rotatable bonds is 2. The van der Waals surface area contributed by atoms with Gasteiger partial charge in [-0.3, -0.25) is 4.79 Å². The van der Waals surface area contributed by atoms with Crippen LogP contribution >= 0.6 is 0 Å². The molecule has 1 heterocycles. The number of esters is 1. The Morgan fingerprint density at radius 3 is 2.72 bits per heavy atom. The predicted molar refractivity (Wildman–Crippen MR) is 109 cm³/mol. The molecule has 0 spiro atoms. The third-order valence-corrected chi connectivity index (χ3v) is 9.23. The van der Waals surface area contributed by atoms with Crippen LogP contribution in [0.2, 0.25) is 0 Å². The summed E-state index contributed by atoms with van der Waals surface area (Å²) in [6, 6.07) is 0. The van der Waals surface area contributed by atoms with Crippen LogP contribution in [0.25, 0.3) is 0 Å². The normalized spacial score (nSPS) is 43.7. The Hall–Kier alpha value is -1.65. The largest absolute Gasteiger partial charge is 0.462 e. The molecule has 1 aromatic rings. The van der Waals surface area contributed by atoms with Gasteiger partial charge in [-0.1, -0.05) is 30.7 Å². The standard InChI is InChI=1S/C24H34N2O3/c1-14-25-22(29-26-14)21-8-7-19-18-6-5-16-13-17(28-15(2)27)9-11-23(16,3)20(18)10-12-24(19,21)4/h5,17-21H,6-13H2,1-4H3/t17-,18-,19-,20-,21+,23-,24-/m0/s1. The molecule has 3 fully saturated rings. The average Bonchev–Trinajstić information content (AvgIpc) is 3.24. The van der Waals surface area contributed by atoms with Crippen molar-refractivity contribution in [3.8, 4) is 0 Å². The fourth-order valence-electron chi connectivity index (χ4n) is 7.82. The molecule has 0 aromatic carbocycles. The molecule has 0 saturated heterocycles. The number of fused-ring (bicyclic) bond motifs is 5. The molecule has 0 N–H and O–H groups in total. The van der Waals surface area contributed by atoms with Crippen molar-refractivity contribution in [1.29, 1.82) is 0 Å². The van der Waals surface area contributed by atoms with Crippen LogP contribution in [0, 0.1) is 35.5 Å². The van der Waals surface area contributed by atoms with E-state index < -0.39 is 0 Å². The lowest BCUT2D eigenvalue weighted by molar-refractivity contribution is -0.148. The van der Waals surface area contributed by atoms with Gasteiger partial charge in [0.2, 0.25) is 5.89 Å². The molecule has 0 amide bonds. The molecule has 0 bridgehead atoms. The zero-order chi connectivity index (χ0) is 20.4. The van der Waals surface area contributed by atoms with Gasteiger partial charge in [-0.25, -0.2) is 0 Å². The number of allylic oxidation sites excluding steroid dienone is 1. The van der Waals surface area contributed by atoms with E-state index in [4.69, 9.17) is 9.26 Å². The summed E-state index contributed by atoms with van der Waals surface area (Å²) in [4.78, 5) is 16.0. The molecule has 1 aromatic heterocycles. The van der Waals surface area contributed by atoms with E-state index in [2.05, 4.69) is 30.1 Å². The highest BCUT2D eigenvalue weighted by molar-refractivity contribution is 5.66. The maximum atomic E-state index is 11.4. The quantitative estimate of drug-likeness (QED) is 0.496. The summed E-state index contributed by atoms with van der Waals surface area (Å²) in [6.07, 6.45) is 11.8. The highest BCUT2D eigenvalue weighted by Gasteiger charge is 2.59. The molecule has 3 saturated carbocycles. The number of aryl methyl sites for hydroxylation is 1. The first-order chi connectivity index (χ1) is 13.8. The van der Waals surface area contributed by atoms with Crippen molar-refractivity contribution >= 4 is 5.97 Å². The Morgan fingerprint density at radius 2 is 2.00 bits per heavy atom. The summed E-state index contributed by atoms with van der Waals surface area (Å²) < 4.78 is 11.2. The van der Waals surface area contributed by atoms with Gasteiger partial charge in [0.1, 0.15) is 6.10 Å². The predicted octanol–water partition coefficient (Wildman–Crippen LogP) is 5.36. The van der Waals surface area contributed by atoms with Crippen LogP contribution in [-0.2, 0) is 9.53 Å². The molecule has 0 unspecified atom stereocenters. The summed E-state index contributed by atoms with van der Waals surface area (Å²) in [7, 11) is 0. The number of nitrogens with zero attached hydrogens (tertiary/aromatic N) is 2. The molecular formula is C24H34N2O3. The van der Waals surface area contributed by atoms with Crippen molar-refractivity contribution in [3.05, 3.63) is 23.4 Å². The summed E-state index contributed by atoms with van der Waals surface area (Å²) in [5.74, 6) is 4.12. The molecular weight excluding hydrogens is 364 g/mol. The summed E-state index contributed by atoms with van der Waals surface area (Å²) in [5, 5.41) is 4.07. The lowest BCUT2D eigenvalue weighted by Crippen LogP contribution is -2.50. The first kappa shape index (κ1) is 19.3. The third kappa shape index (κ3) is 2.90. The van der Waals surface area contributed by atoms with E-state index in [1.165, 1.54) is 39.0 Å². The molecule has 0 radical (unpaired) electrons. The van der Waals surface area contributed by atoms with Gasteiger partial charge in [0.15, 0.2) is 5.82 Å². The monoisotopic (exact) mass is 398 g/mol. The molecule has 5 rings (SSSR count). The van der Waals surface area contributed by atoms with Crippen molar-refractivity contribution in [2.75, 3.05) is 0 Å². The Bertz CT molecular complexity index is 845. The number of hydrogen-bond donors (Lipinski definition) is 0. The minimum absolute atomic E-state index is 0.0776. The SMILES string of the molecule is CC(=O)O[C@H]1CC[C@@]2(C)C(=CC[C@H]3[C@@H]4CC[C@H](c5nc(C)no5)[C@@]4(C)CC[C@@H]32)C1. The van der Waals surface area contributed by atoms with Gasteiger partial charge in [-0.05, 0) is 80.5 Å². The first-order valence-electron chi connectivity index (χ1n) is 11.5. The average molecular weight is 399 g/mol. The molecule has 29 heavy (non-hydrogen) atoms. The zero-order valence-electron chi connectivity index (χ0n) is 18.2. The van der Waals surface area contributed by atoms with Crippen LogP contribution in [-0.4, -0.2) is 22.2 Å². The number of ether oxygens (including phenoxy) is 1. The molecule has 5 nitrogen and oxygen atoms in total. The van der Waals surface area contributed by atoms with Crippen LogP contribution in [0.1, 0.15) is 89.8 Å². The summed E-state index contributed by atoms with van der Waals surface area (Å²) in [6.45, 7) is 8.43. The Kier molecular flexibility index (Phi) is 4.45. The number of hydrogen-bond acceptors (Lipinski definition) is 5. The molecule has 4 aliphatic carbocycles. The second kappa shape index (κ2) is 6.68.